The van der Waals surface area contributed by atoms with Crippen LogP contribution in [0, 0.1) is 0 Å². The Morgan fingerprint density at radius 1 is 1.21 bits per heavy atom. The number of rotatable bonds is 2. The highest BCUT2D eigenvalue weighted by atomic mass is 35.5. The van der Waals surface area contributed by atoms with Crippen LogP contribution in [0.2, 0.25) is 5.02 Å². The molecule has 1 aliphatic rings. The number of nitrogens with two attached hydrogens (primary N) is 1. The van der Waals surface area contributed by atoms with E-state index in [4.69, 9.17) is 21.9 Å². The van der Waals surface area contributed by atoms with E-state index in [0.29, 0.717) is 22.4 Å². The first-order chi connectivity index (χ1) is 9.17. The van der Waals surface area contributed by atoms with Crippen molar-refractivity contribution < 1.29 is 4.52 Å². The number of hydrogen-bond acceptors (Lipinski definition) is 5. The largest absolute Gasteiger partial charge is 0.332 e. The van der Waals surface area contributed by atoms with Crippen molar-refractivity contribution in [1.82, 2.24) is 15.1 Å². The third kappa shape index (κ3) is 2.48. The van der Waals surface area contributed by atoms with Crippen LogP contribution in [0.15, 0.2) is 22.9 Å². The Kier molecular flexibility index (Phi) is 3.24. The van der Waals surface area contributed by atoms with Gasteiger partial charge in [0.2, 0.25) is 0 Å². The highest BCUT2D eigenvalue weighted by Crippen LogP contribution is 2.33. The zero-order chi connectivity index (χ0) is 13.3. The first kappa shape index (κ1) is 12.6. The molecule has 0 bridgehead atoms. The third-order valence-corrected chi connectivity index (χ3v) is 3.79. The fraction of sp³-hybridized carbons (Fsp3) is 0.462. The van der Waals surface area contributed by atoms with Crippen LogP contribution in [-0.2, 0) is 5.54 Å². The van der Waals surface area contributed by atoms with E-state index in [1.807, 2.05) is 0 Å². The van der Waals surface area contributed by atoms with Gasteiger partial charge in [-0.2, -0.15) is 4.98 Å². The van der Waals surface area contributed by atoms with Crippen molar-refractivity contribution in [3.63, 3.8) is 0 Å². The molecule has 0 atom stereocenters. The maximum atomic E-state index is 6.37. The van der Waals surface area contributed by atoms with Gasteiger partial charge in [0.25, 0.3) is 5.89 Å². The monoisotopic (exact) mass is 278 g/mol. The molecule has 0 spiro atoms. The predicted octanol–water partition coefficient (Wildman–Crippen LogP) is 2.90. The molecule has 3 rings (SSSR count). The summed E-state index contributed by atoms with van der Waals surface area (Å²) in [6.07, 6.45) is 6.81. The smallest absolute Gasteiger partial charge is 0.276 e. The molecule has 0 unspecified atom stereocenters. The number of nitrogens with zero attached hydrogens (tertiary/aromatic N) is 3. The van der Waals surface area contributed by atoms with Crippen LogP contribution in [0.1, 0.15) is 37.9 Å². The van der Waals surface area contributed by atoms with Gasteiger partial charge in [0.15, 0.2) is 5.82 Å². The van der Waals surface area contributed by atoms with Crippen molar-refractivity contribution in [2.45, 2.75) is 37.6 Å². The zero-order valence-electron chi connectivity index (χ0n) is 10.5. The van der Waals surface area contributed by atoms with Gasteiger partial charge < -0.3 is 10.3 Å². The van der Waals surface area contributed by atoms with Crippen molar-refractivity contribution in [2.75, 3.05) is 0 Å². The highest BCUT2D eigenvalue weighted by Gasteiger charge is 2.34. The molecule has 0 amide bonds. The maximum absolute atomic E-state index is 6.37. The highest BCUT2D eigenvalue weighted by molar-refractivity contribution is 6.30. The summed E-state index contributed by atoms with van der Waals surface area (Å²) in [7, 11) is 0. The molecule has 2 heterocycles. The Bertz CT molecular complexity index is 560. The minimum absolute atomic E-state index is 0.391. The van der Waals surface area contributed by atoms with Gasteiger partial charge in [-0.15, -0.1) is 0 Å². The number of pyridine rings is 1. The van der Waals surface area contributed by atoms with Gasteiger partial charge in [-0.25, -0.2) is 4.98 Å². The molecule has 2 N–H and O–H groups in total. The average molecular weight is 279 g/mol. The van der Waals surface area contributed by atoms with E-state index < -0.39 is 5.54 Å². The van der Waals surface area contributed by atoms with Crippen LogP contribution < -0.4 is 5.73 Å². The van der Waals surface area contributed by atoms with Crippen molar-refractivity contribution >= 4 is 11.6 Å². The Balaban J connectivity index is 1.88. The standard InChI is InChI=1S/C13H15ClN4O/c14-9-4-5-10(16-8-9)11-17-12(18-19-11)13(15)6-2-1-3-7-13/h4-5,8H,1-3,6-7,15H2. The van der Waals surface area contributed by atoms with Gasteiger partial charge in [-0.3, -0.25) is 0 Å². The molecule has 100 valence electrons. The van der Waals surface area contributed by atoms with Gasteiger partial charge in [0.05, 0.1) is 10.6 Å². The SMILES string of the molecule is NC1(c2noc(-c3ccc(Cl)cn3)n2)CCCCC1. The molecule has 2 aromatic heterocycles. The summed E-state index contributed by atoms with van der Waals surface area (Å²) in [6, 6.07) is 3.50. The summed E-state index contributed by atoms with van der Waals surface area (Å²) in [4.78, 5) is 8.56. The van der Waals surface area contributed by atoms with Crippen LogP contribution in [0.3, 0.4) is 0 Å². The summed E-state index contributed by atoms with van der Waals surface area (Å²) in [5.74, 6) is 0.973. The van der Waals surface area contributed by atoms with Gasteiger partial charge in [0, 0.05) is 6.20 Å². The van der Waals surface area contributed by atoms with Crippen LogP contribution in [0.25, 0.3) is 11.6 Å². The molecule has 6 heteroatoms. The molecule has 5 nitrogen and oxygen atoms in total. The minimum atomic E-state index is -0.452. The third-order valence-electron chi connectivity index (χ3n) is 3.56. The van der Waals surface area contributed by atoms with E-state index in [0.717, 1.165) is 25.7 Å². The van der Waals surface area contributed by atoms with E-state index in [9.17, 15) is 0 Å². The van der Waals surface area contributed by atoms with E-state index in [1.54, 1.807) is 18.3 Å². The van der Waals surface area contributed by atoms with Gasteiger partial charge in [-0.05, 0) is 25.0 Å². The molecular weight excluding hydrogens is 264 g/mol. The Morgan fingerprint density at radius 2 is 2.00 bits per heavy atom. The molecule has 1 saturated carbocycles. The number of aromatic nitrogens is 3. The van der Waals surface area contributed by atoms with Gasteiger partial charge >= 0.3 is 0 Å². The summed E-state index contributed by atoms with van der Waals surface area (Å²) in [5, 5.41) is 4.60. The van der Waals surface area contributed by atoms with E-state index >= 15 is 0 Å². The second-order valence-corrected chi connectivity index (χ2v) is 5.44. The second kappa shape index (κ2) is 4.90. The lowest BCUT2D eigenvalue weighted by molar-refractivity contribution is 0.275. The molecule has 0 aliphatic heterocycles. The van der Waals surface area contributed by atoms with Crippen LogP contribution in [-0.4, -0.2) is 15.1 Å². The number of halogens is 1. The fourth-order valence-corrected chi connectivity index (χ4v) is 2.55. The predicted molar refractivity (Wildman–Crippen MR) is 71.5 cm³/mol. The summed E-state index contributed by atoms with van der Waals surface area (Å²) >= 11 is 5.80. The van der Waals surface area contributed by atoms with Crippen molar-refractivity contribution in [1.29, 1.82) is 0 Å². The van der Waals surface area contributed by atoms with Crippen molar-refractivity contribution in [3.05, 3.63) is 29.2 Å². The molecule has 0 aromatic carbocycles. The molecule has 1 fully saturated rings. The molecule has 2 aromatic rings. The zero-order valence-corrected chi connectivity index (χ0v) is 11.2. The Hall–Kier alpha value is -1.46. The lowest BCUT2D eigenvalue weighted by Crippen LogP contribution is -2.39. The molecular formula is C13H15ClN4O. The number of hydrogen-bond donors (Lipinski definition) is 1. The van der Waals surface area contributed by atoms with Gasteiger partial charge in [0.1, 0.15) is 5.69 Å². The maximum Gasteiger partial charge on any atom is 0.276 e. The molecule has 0 saturated heterocycles. The summed E-state index contributed by atoms with van der Waals surface area (Å²) in [6.45, 7) is 0. The Labute approximate surface area is 116 Å². The lowest BCUT2D eigenvalue weighted by Gasteiger charge is -2.29. The average Bonchev–Trinajstić information content (AvgIpc) is 2.91. The van der Waals surface area contributed by atoms with Crippen molar-refractivity contribution in [3.8, 4) is 11.6 Å². The molecule has 19 heavy (non-hydrogen) atoms. The van der Waals surface area contributed by atoms with E-state index in [2.05, 4.69) is 15.1 Å². The molecule has 1 aliphatic carbocycles. The van der Waals surface area contributed by atoms with Gasteiger partial charge in [-0.1, -0.05) is 36.0 Å². The van der Waals surface area contributed by atoms with Crippen LogP contribution in [0.4, 0.5) is 0 Å². The summed E-state index contributed by atoms with van der Waals surface area (Å²) < 4.78 is 5.26. The quantitative estimate of drug-likeness (QED) is 0.914. The lowest BCUT2D eigenvalue weighted by atomic mass is 9.82. The van der Waals surface area contributed by atoms with Crippen LogP contribution in [0.5, 0.6) is 0 Å². The van der Waals surface area contributed by atoms with Crippen molar-refractivity contribution in [2.24, 2.45) is 5.73 Å². The fourth-order valence-electron chi connectivity index (χ4n) is 2.44. The first-order valence-corrected chi connectivity index (χ1v) is 6.80. The normalized spacial score (nSPS) is 18.4. The molecule has 0 radical (unpaired) electrons. The summed E-state index contributed by atoms with van der Waals surface area (Å²) in [5.41, 5.74) is 6.53. The second-order valence-electron chi connectivity index (χ2n) is 5.00. The topological polar surface area (TPSA) is 77.8 Å². The first-order valence-electron chi connectivity index (χ1n) is 6.42. The van der Waals surface area contributed by atoms with E-state index in [-0.39, 0.29) is 0 Å². The van der Waals surface area contributed by atoms with E-state index in [1.165, 1.54) is 6.42 Å². The Morgan fingerprint density at radius 3 is 2.68 bits per heavy atom. The van der Waals surface area contributed by atoms with Crippen LogP contribution >= 0.6 is 11.6 Å². The minimum Gasteiger partial charge on any atom is -0.332 e.